The second-order valence-electron chi connectivity index (χ2n) is 4.62. The van der Waals surface area contributed by atoms with Crippen LogP contribution in [0.15, 0.2) is 66.7 Å². The van der Waals surface area contributed by atoms with Crippen molar-refractivity contribution in [2.24, 2.45) is 0 Å². The summed E-state index contributed by atoms with van der Waals surface area (Å²) in [5, 5.41) is 1.18. The van der Waals surface area contributed by atoms with E-state index in [0.717, 1.165) is 11.2 Å². The molecule has 0 saturated carbocycles. The van der Waals surface area contributed by atoms with Crippen LogP contribution >= 0.6 is 0 Å². The zero-order valence-corrected chi connectivity index (χ0v) is 10.9. The van der Waals surface area contributed by atoms with Gasteiger partial charge in [0, 0.05) is 5.39 Å². The van der Waals surface area contributed by atoms with E-state index in [1.807, 2.05) is 24.3 Å². The summed E-state index contributed by atoms with van der Waals surface area (Å²) in [6, 6.07) is 22.7. The zero-order chi connectivity index (χ0) is 13.1. The summed E-state index contributed by atoms with van der Waals surface area (Å²) >= 11 is 0. The minimum atomic E-state index is 1.00. The Bertz CT molecular complexity index is 727. The van der Waals surface area contributed by atoms with Crippen molar-refractivity contribution in [2.45, 2.75) is 6.92 Å². The van der Waals surface area contributed by atoms with Crippen LogP contribution in [0.4, 0.5) is 0 Å². The van der Waals surface area contributed by atoms with E-state index in [0.29, 0.717) is 0 Å². The van der Waals surface area contributed by atoms with Crippen molar-refractivity contribution in [1.82, 2.24) is 4.98 Å². The molecular formula is C18H15N. The molecule has 0 bridgehead atoms. The predicted octanol–water partition coefficient (Wildman–Crippen LogP) is 4.80. The fourth-order valence-electron chi connectivity index (χ4n) is 2.17. The SMILES string of the molecule is C/C(=C\c1ccc2ccccc2n1)c1ccccc1. The molecule has 0 aliphatic carbocycles. The first-order chi connectivity index (χ1) is 9.33. The zero-order valence-electron chi connectivity index (χ0n) is 10.9. The van der Waals surface area contributed by atoms with E-state index >= 15 is 0 Å². The van der Waals surface area contributed by atoms with Crippen LogP contribution in [0.3, 0.4) is 0 Å². The number of fused-ring (bicyclic) bond motifs is 1. The Morgan fingerprint density at radius 1 is 0.842 bits per heavy atom. The molecule has 0 saturated heterocycles. The van der Waals surface area contributed by atoms with E-state index in [-0.39, 0.29) is 0 Å². The molecule has 3 rings (SSSR count). The maximum Gasteiger partial charge on any atom is 0.0709 e. The highest BCUT2D eigenvalue weighted by atomic mass is 14.7. The van der Waals surface area contributed by atoms with Crippen LogP contribution in [0.25, 0.3) is 22.6 Å². The fraction of sp³-hybridized carbons (Fsp3) is 0.0556. The summed E-state index contributed by atoms with van der Waals surface area (Å²) in [6.45, 7) is 2.12. The van der Waals surface area contributed by atoms with Crippen LogP contribution in [0.2, 0.25) is 0 Å². The maximum atomic E-state index is 4.66. The van der Waals surface area contributed by atoms with Crippen molar-refractivity contribution in [3.05, 3.63) is 78.0 Å². The molecule has 0 aliphatic rings. The molecule has 3 aromatic rings. The molecule has 92 valence electrons. The molecule has 0 amide bonds. The molecule has 2 aromatic carbocycles. The van der Waals surface area contributed by atoms with Gasteiger partial charge in [-0.2, -0.15) is 0 Å². The molecule has 1 nitrogen and oxygen atoms in total. The van der Waals surface area contributed by atoms with Gasteiger partial charge in [-0.3, -0.25) is 0 Å². The minimum Gasteiger partial charge on any atom is -0.248 e. The number of pyridine rings is 1. The Balaban J connectivity index is 2.01. The number of rotatable bonds is 2. The average molecular weight is 245 g/mol. The molecular weight excluding hydrogens is 230 g/mol. The third kappa shape index (κ3) is 2.55. The van der Waals surface area contributed by atoms with Gasteiger partial charge in [-0.15, -0.1) is 0 Å². The highest BCUT2D eigenvalue weighted by Crippen LogP contribution is 2.18. The summed E-state index contributed by atoms with van der Waals surface area (Å²) in [5.74, 6) is 0. The molecule has 1 aromatic heterocycles. The van der Waals surface area contributed by atoms with E-state index in [2.05, 4.69) is 60.4 Å². The molecule has 19 heavy (non-hydrogen) atoms. The fourth-order valence-corrected chi connectivity index (χ4v) is 2.17. The molecule has 0 unspecified atom stereocenters. The second-order valence-corrected chi connectivity index (χ2v) is 4.62. The summed E-state index contributed by atoms with van der Waals surface area (Å²) in [6.07, 6.45) is 2.13. The summed E-state index contributed by atoms with van der Waals surface area (Å²) in [4.78, 5) is 4.66. The van der Waals surface area contributed by atoms with Gasteiger partial charge < -0.3 is 0 Å². The Morgan fingerprint density at radius 2 is 1.58 bits per heavy atom. The van der Waals surface area contributed by atoms with E-state index in [9.17, 15) is 0 Å². The van der Waals surface area contributed by atoms with E-state index in [1.165, 1.54) is 16.5 Å². The Labute approximate surface area is 113 Å². The van der Waals surface area contributed by atoms with Gasteiger partial charge >= 0.3 is 0 Å². The maximum absolute atomic E-state index is 4.66. The lowest BCUT2D eigenvalue weighted by Gasteiger charge is -2.02. The average Bonchev–Trinajstić information content (AvgIpc) is 2.48. The molecule has 0 atom stereocenters. The Hall–Kier alpha value is -2.41. The first kappa shape index (κ1) is 11.7. The highest BCUT2D eigenvalue weighted by Gasteiger charge is 1.98. The number of nitrogens with zero attached hydrogens (tertiary/aromatic N) is 1. The molecule has 0 radical (unpaired) electrons. The molecule has 0 spiro atoms. The van der Waals surface area contributed by atoms with Gasteiger partial charge in [-0.25, -0.2) is 4.98 Å². The third-order valence-corrected chi connectivity index (χ3v) is 3.21. The molecule has 0 aliphatic heterocycles. The number of para-hydroxylation sites is 1. The van der Waals surface area contributed by atoms with Crippen molar-refractivity contribution >= 4 is 22.6 Å². The van der Waals surface area contributed by atoms with Crippen molar-refractivity contribution < 1.29 is 0 Å². The largest absolute Gasteiger partial charge is 0.248 e. The molecule has 0 N–H and O–H groups in total. The van der Waals surface area contributed by atoms with Gasteiger partial charge in [0.25, 0.3) is 0 Å². The lowest BCUT2D eigenvalue weighted by molar-refractivity contribution is 1.37. The highest BCUT2D eigenvalue weighted by molar-refractivity contribution is 5.83. The molecule has 1 heterocycles. The molecule has 0 fully saturated rings. The normalized spacial score (nSPS) is 11.7. The number of allylic oxidation sites excluding steroid dienone is 1. The summed E-state index contributed by atoms with van der Waals surface area (Å²) in [7, 11) is 0. The minimum absolute atomic E-state index is 1.00. The summed E-state index contributed by atoms with van der Waals surface area (Å²) in [5.41, 5.74) is 4.50. The van der Waals surface area contributed by atoms with Crippen molar-refractivity contribution in [3.63, 3.8) is 0 Å². The second kappa shape index (κ2) is 5.07. The van der Waals surface area contributed by atoms with E-state index < -0.39 is 0 Å². The number of hydrogen-bond acceptors (Lipinski definition) is 1. The van der Waals surface area contributed by atoms with E-state index in [1.54, 1.807) is 0 Å². The third-order valence-electron chi connectivity index (χ3n) is 3.21. The van der Waals surface area contributed by atoms with Crippen LogP contribution in [0, 0.1) is 0 Å². The van der Waals surface area contributed by atoms with Crippen LogP contribution in [0.5, 0.6) is 0 Å². The van der Waals surface area contributed by atoms with Gasteiger partial charge in [0.05, 0.1) is 11.2 Å². The van der Waals surface area contributed by atoms with E-state index in [4.69, 9.17) is 0 Å². The number of aromatic nitrogens is 1. The van der Waals surface area contributed by atoms with Gasteiger partial charge in [0.15, 0.2) is 0 Å². The number of benzene rings is 2. The first-order valence-electron chi connectivity index (χ1n) is 6.42. The Morgan fingerprint density at radius 3 is 2.42 bits per heavy atom. The Kier molecular flexibility index (Phi) is 3.11. The van der Waals surface area contributed by atoms with Gasteiger partial charge in [-0.05, 0) is 36.3 Å². The van der Waals surface area contributed by atoms with Crippen LogP contribution in [-0.4, -0.2) is 4.98 Å². The lowest BCUT2D eigenvalue weighted by Crippen LogP contribution is -1.84. The van der Waals surface area contributed by atoms with Crippen LogP contribution < -0.4 is 0 Å². The molecule has 1 heteroatoms. The summed E-state index contributed by atoms with van der Waals surface area (Å²) < 4.78 is 0. The monoisotopic (exact) mass is 245 g/mol. The van der Waals surface area contributed by atoms with Crippen LogP contribution in [-0.2, 0) is 0 Å². The smallest absolute Gasteiger partial charge is 0.0709 e. The topological polar surface area (TPSA) is 12.9 Å². The first-order valence-corrected chi connectivity index (χ1v) is 6.42. The van der Waals surface area contributed by atoms with Gasteiger partial charge in [0.2, 0.25) is 0 Å². The lowest BCUT2D eigenvalue weighted by atomic mass is 10.1. The van der Waals surface area contributed by atoms with Crippen molar-refractivity contribution in [1.29, 1.82) is 0 Å². The number of hydrogen-bond donors (Lipinski definition) is 0. The van der Waals surface area contributed by atoms with Crippen molar-refractivity contribution in [2.75, 3.05) is 0 Å². The van der Waals surface area contributed by atoms with Gasteiger partial charge in [-0.1, -0.05) is 54.6 Å². The standard InChI is InChI=1S/C18H15N/c1-14(15-7-3-2-4-8-15)13-17-12-11-16-9-5-6-10-18(16)19-17/h2-13H,1H3/b14-13+. The van der Waals surface area contributed by atoms with Gasteiger partial charge in [0.1, 0.15) is 0 Å². The van der Waals surface area contributed by atoms with Crippen molar-refractivity contribution in [3.8, 4) is 0 Å². The van der Waals surface area contributed by atoms with Crippen LogP contribution in [0.1, 0.15) is 18.2 Å². The predicted molar refractivity (Wildman–Crippen MR) is 81.7 cm³/mol. The quantitative estimate of drug-likeness (QED) is 0.632.